The predicted octanol–water partition coefficient (Wildman–Crippen LogP) is 2.52. The molecule has 0 bridgehead atoms. The van der Waals surface area contributed by atoms with E-state index in [9.17, 15) is 0 Å². The molecule has 2 rings (SSSR count). The van der Waals surface area contributed by atoms with Crippen molar-refractivity contribution in [2.75, 3.05) is 47.9 Å². The summed E-state index contributed by atoms with van der Waals surface area (Å²) in [6.07, 6.45) is 2.07. The van der Waals surface area contributed by atoms with Crippen molar-refractivity contribution in [3.63, 3.8) is 0 Å². The van der Waals surface area contributed by atoms with Crippen LogP contribution in [-0.2, 0) is 11.3 Å². The minimum absolute atomic E-state index is 0.126. The summed E-state index contributed by atoms with van der Waals surface area (Å²) < 4.78 is 6.35. The number of guanidine groups is 1. The van der Waals surface area contributed by atoms with Crippen LogP contribution in [0.3, 0.4) is 0 Å². The fourth-order valence-corrected chi connectivity index (χ4v) is 4.05. The van der Waals surface area contributed by atoms with Crippen LogP contribution in [0.2, 0.25) is 4.34 Å². The van der Waals surface area contributed by atoms with E-state index in [1.54, 1.807) is 11.3 Å². The number of nitrogens with one attached hydrogen (secondary N) is 1. The van der Waals surface area contributed by atoms with Gasteiger partial charge < -0.3 is 19.9 Å². The topological polar surface area (TPSA) is 40.1 Å². The lowest BCUT2D eigenvalue weighted by molar-refractivity contribution is -0.00522. The van der Waals surface area contributed by atoms with Crippen LogP contribution in [0.1, 0.15) is 17.7 Å². The number of hydrogen-bond donors (Lipinski definition) is 1. The molecular formula is C16H27ClN4OS. The molecule has 7 heteroatoms. The van der Waals surface area contributed by atoms with Crippen molar-refractivity contribution < 1.29 is 4.74 Å². The average Bonchev–Trinajstić information content (AvgIpc) is 2.93. The largest absolute Gasteiger partial charge is 0.381 e. The molecule has 23 heavy (non-hydrogen) atoms. The molecule has 5 nitrogen and oxygen atoms in total. The van der Waals surface area contributed by atoms with Crippen LogP contribution in [-0.4, -0.2) is 69.2 Å². The van der Waals surface area contributed by atoms with Gasteiger partial charge in [-0.25, -0.2) is 0 Å². The summed E-state index contributed by atoms with van der Waals surface area (Å²) in [6.45, 7) is 3.31. The van der Waals surface area contributed by atoms with E-state index < -0.39 is 0 Å². The summed E-state index contributed by atoms with van der Waals surface area (Å²) in [5.41, 5.74) is 0.126. The third-order valence-electron chi connectivity index (χ3n) is 4.54. The fraction of sp³-hybridized carbons (Fsp3) is 0.688. The highest BCUT2D eigenvalue weighted by Crippen LogP contribution is 2.25. The van der Waals surface area contributed by atoms with E-state index in [2.05, 4.69) is 47.3 Å². The Morgan fingerprint density at radius 2 is 2.04 bits per heavy atom. The van der Waals surface area contributed by atoms with E-state index in [0.29, 0.717) is 0 Å². The molecule has 1 aromatic rings. The second-order valence-electron chi connectivity index (χ2n) is 6.19. The summed E-state index contributed by atoms with van der Waals surface area (Å²) in [5.74, 6) is 0.905. The third kappa shape index (κ3) is 4.83. The molecule has 0 atom stereocenters. The zero-order chi connectivity index (χ0) is 16.9. The number of likely N-dealkylation sites (N-methyl/N-ethyl adjacent to an activating group) is 1. The predicted molar refractivity (Wildman–Crippen MR) is 98.6 cm³/mol. The van der Waals surface area contributed by atoms with Gasteiger partial charge in [-0.15, -0.1) is 11.3 Å². The van der Waals surface area contributed by atoms with Gasteiger partial charge in [0.2, 0.25) is 0 Å². The molecule has 0 amide bonds. The first-order valence-corrected chi connectivity index (χ1v) is 9.07. The molecule has 0 spiro atoms. The molecule has 1 N–H and O–H groups in total. The Hall–Kier alpha value is -0.820. The Morgan fingerprint density at radius 3 is 2.57 bits per heavy atom. The molecule has 1 fully saturated rings. The van der Waals surface area contributed by atoms with Gasteiger partial charge in [-0.05, 0) is 39.1 Å². The van der Waals surface area contributed by atoms with E-state index in [1.165, 1.54) is 4.88 Å². The second kappa shape index (κ2) is 8.33. The van der Waals surface area contributed by atoms with Gasteiger partial charge in [0.25, 0.3) is 0 Å². The lowest BCUT2D eigenvalue weighted by Crippen LogP contribution is -2.57. The average molecular weight is 359 g/mol. The van der Waals surface area contributed by atoms with Crippen molar-refractivity contribution in [2.24, 2.45) is 4.99 Å². The van der Waals surface area contributed by atoms with Gasteiger partial charge in [0.15, 0.2) is 5.96 Å². The van der Waals surface area contributed by atoms with E-state index in [1.807, 2.05) is 13.1 Å². The summed E-state index contributed by atoms with van der Waals surface area (Å²) in [5, 5.41) is 3.54. The lowest BCUT2D eigenvalue weighted by atomic mass is 9.88. The molecule has 0 aromatic carbocycles. The van der Waals surface area contributed by atoms with Gasteiger partial charge in [-0.2, -0.15) is 0 Å². The molecule has 1 aliphatic rings. The van der Waals surface area contributed by atoms with E-state index in [-0.39, 0.29) is 5.54 Å². The minimum Gasteiger partial charge on any atom is -0.381 e. The van der Waals surface area contributed by atoms with E-state index >= 15 is 0 Å². The molecular weight excluding hydrogens is 332 g/mol. The van der Waals surface area contributed by atoms with Gasteiger partial charge >= 0.3 is 0 Å². The van der Waals surface area contributed by atoms with Crippen molar-refractivity contribution >= 4 is 28.9 Å². The van der Waals surface area contributed by atoms with Gasteiger partial charge in [-0.1, -0.05) is 11.6 Å². The van der Waals surface area contributed by atoms with Gasteiger partial charge in [-0.3, -0.25) is 4.99 Å². The lowest BCUT2D eigenvalue weighted by Gasteiger charge is -2.43. The first-order chi connectivity index (χ1) is 11.0. The Bertz CT molecular complexity index is 526. The number of halogens is 1. The van der Waals surface area contributed by atoms with Crippen LogP contribution >= 0.6 is 22.9 Å². The number of aliphatic imine (C=N–C) groups is 1. The van der Waals surface area contributed by atoms with Crippen LogP contribution in [0.15, 0.2) is 17.1 Å². The SMILES string of the molecule is CN=C(NCC1(N(C)C)CCOCC1)N(C)Cc1ccc(Cl)s1. The first-order valence-electron chi connectivity index (χ1n) is 7.88. The Kier molecular flexibility index (Phi) is 6.71. The maximum Gasteiger partial charge on any atom is 0.193 e. The highest BCUT2D eigenvalue weighted by Gasteiger charge is 2.35. The Morgan fingerprint density at radius 1 is 1.35 bits per heavy atom. The molecule has 1 saturated heterocycles. The van der Waals surface area contributed by atoms with Crippen LogP contribution < -0.4 is 5.32 Å². The zero-order valence-corrected chi connectivity index (χ0v) is 16.0. The zero-order valence-electron chi connectivity index (χ0n) is 14.4. The van der Waals surface area contributed by atoms with Gasteiger partial charge in [0.1, 0.15) is 0 Å². The minimum atomic E-state index is 0.126. The molecule has 0 saturated carbocycles. The molecule has 130 valence electrons. The maximum atomic E-state index is 6.01. The van der Waals surface area contributed by atoms with Gasteiger partial charge in [0.05, 0.1) is 10.9 Å². The van der Waals surface area contributed by atoms with Gasteiger partial charge in [0, 0.05) is 44.3 Å². The Labute approximate surface area is 148 Å². The monoisotopic (exact) mass is 358 g/mol. The maximum absolute atomic E-state index is 6.01. The molecule has 0 unspecified atom stereocenters. The van der Waals surface area contributed by atoms with Crippen molar-refractivity contribution in [3.05, 3.63) is 21.3 Å². The standard InChI is InChI=1S/C16H27ClN4OS/c1-18-15(21(4)11-13-5-6-14(17)23-13)19-12-16(20(2)3)7-9-22-10-8-16/h5-6H,7-12H2,1-4H3,(H,18,19). The van der Waals surface area contributed by atoms with Crippen molar-refractivity contribution in [2.45, 2.75) is 24.9 Å². The quantitative estimate of drug-likeness (QED) is 0.648. The highest BCUT2D eigenvalue weighted by molar-refractivity contribution is 7.16. The number of rotatable bonds is 5. The van der Waals surface area contributed by atoms with E-state index in [4.69, 9.17) is 16.3 Å². The van der Waals surface area contributed by atoms with Crippen molar-refractivity contribution in [3.8, 4) is 0 Å². The number of thiophene rings is 1. The number of ether oxygens (including phenoxy) is 1. The Balaban J connectivity index is 1.95. The summed E-state index contributed by atoms with van der Waals surface area (Å²) in [6, 6.07) is 4.01. The molecule has 2 heterocycles. The number of nitrogens with zero attached hydrogens (tertiary/aromatic N) is 3. The van der Waals surface area contributed by atoms with Crippen LogP contribution in [0.5, 0.6) is 0 Å². The van der Waals surface area contributed by atoms with Crippen LogP contribution in [0.4, 0.5) is 0 Å². The first kappa shape index (κ1) is 18.5. The smallest absolute Gasteiger partial charge is 0.193 e. The molecule has 0 radical (unpaired) electrons. The van der Waals surface area contributed by atoms with E-state index in [0.717, 1.165) is 49.4 Å². The second-order valence-corrected chi connectivity index (χ2v) is 7.99. The highest BCUT2D eigenvalue weighted by atomic mass is 35.5. The summed E-state index contributed by atoms with van der Waals surface area (Å²) >= 11 is 7.62. The van der Waals surface area contributed by atoms with Crippen LogP contribution in [0.25, 0.3) is 0 Å². The molecule has 1 aromatic heterocycles. The summed E-state index contributed by atoms with van der Waals surface area (Å²) in [4.78, 5) is 10.1. The number of hydrogen-bond acceptors (Lipinski definition) is 4. The van der Waals surface area contributed by atoms with Crippen molar-refractivity contribution in [1.82, 2.24) is 15.1 Å². The fourth-order valence-electron chi connectivity index (χ4n) is 2.91. The van der Waals surface area contributed by atoms with Crippen molar-refractivity contribution in [1.29, 1.82) is 0 Å². The third-order valence-corrected chi connectivity index (χ3v) is 5.76. The molecule has 1 aliphatic heterocycles. The summed E-state index contributed by atoms with van der Waals surface area (Å²) in [7, 11) is 8.17. The molecule has 0 aliphatic carbocycles. The normalized spacial score (nSPS) is 18.3. The van der Waals surface area contributed by atoms with Crippen LogP contribution in [0, 0.1) is 0 Å².